The number of nitrogens with one attached hydrogen (secondary N) is 3. The number of hydrogen-bond acceptors (Lipinski definition) is 5. The SMILES string of the molecule is CNC(=O)c1cc(C(=O)NCC[C@@H]2CNCCO2)cc([C@H](C)c2ccccc2)n1. The van der Waals surface area contributed by atoms with Crippen molar-refractivity contribution in [3.63, 3.8) is 0 Å². The van der Waals surface area contributed by atoms with Gasteiger partial charge in [-0.25, -0.2) is 4.98 Å². The molecule has 29 heavy (non-hydrogen) atoms. The van der Waals surface area contributed by atoms with Crippen LogP contribution in [0.25, 0.3) is 0 Å². The molecule has 1 fully saturated rings. The van der Waals surface area contributed by atoms with Crippen molar-refractivity contribution in [1.29, 1.82) is 0 Å². The summed E-state index contributed by atoms with van der Waals surface area (Å²) >= 11 is 0. The highest BCUT2D eigenvalue weighted by molar-refractivity contribution is 5.98. The van der Waals surface area contributed by atoms with Crippen molar-refractivity contribution in [3.8, 4) is 0 Å². The van der Waals surface area contributed by atoms with Crippen LogP contribution in [0.15, 0.2) is 42.5 Å². The Morgan fingerprint density at radius 2 is 2.03 bits per heavy atom. The molecule has 0 aliphatic carbocycles. The Hall–Kier alpha value is -2.77. The Morgan fingerprint density at radius 1 is 1.24 bits per heavy atom. The third-order valence-electron chi connectivity index (χ3n) is 5.07. The van der Waals surface area contributed by atoms with Gasteiger partial charge in [-0.2, -0.15) is 0 Å². The molecule has 0 radical (unpaired) electrons. The van der Waals surface area contributed by atoms with E-state index in [0.29, 0.717) is 24.4 Å². The van der Waals surface area contributed by atoms with Crippen LogP contribution in [0.5, 0.6) is 0 Å². The average Bonchev–Trinajstić information content (AvgIpc) is 2.79. The lowest BCUT2D eigenvalue weighted by molar-refractivity contribution is 0.0239. The van der Waals surface area contributed by atoms with Crippen molar-refractivity contribution in [2.75, 3.05) is 33.3 Å². The van der Waals surface area contributed by atoms with E-state index in [0.717, 1.165) is 25.1 Å². The summed E-state index contributed by atoms with van der Waals surface area (Å²) in [5.74, 6) is -0.584. The van der Waals surface area contributed by atoms with Gasteiger partial charge in [-0.15, -0.1) is 0 Å². The third-order valence-corrected chi connectivity index (χ3v) is 5.07. The Morgan fingerprint density at radius 3 is 2.72 bits per heavy atom. The fourth-order valence-corrected chi connectivity index (χ4v) is 3.32. The predicted molar refractivity (Wildman–Crippen MR) is 111 cm³/mol. The number of rotatable bonds is 7. The Labute approximate surface area is 171 Å². The van der Waals surface area contributed by atoms with Gasteiger partial charge in [-0.1, -0.05) is 37.3 Å². The number of carbonyl (C=O) groups is 2. The first kappa shape index (κ1) is 21.0. The zero-order chi connectivity index (χ0) is 20.6. The van der Waals surface area contributed by atoms with E-state index in [9.17, 15) is 9.59 Å². The number of amides is 2. The van der Waals surface area contributed by atoms with Crippen molar-refractivity contribution in [2.24, 2.45) is 0 Å². The van der Waals surface area contributed by atoms with Crippen LogP contribution in [-0.4, -0.2) is 56.2 Å². The smallest absolute Gasteiger partial charge is 0.269 e. The fourth-order valence-electron chi connectivity index (χ4n) is 3.32. The maximum absolute atomic E-state index is 12.7. The lowest BCUT2D eigenvalue weighted by atomic mass is 9.96. The monoisotopic (exact) mass is 396 g/mol. The maximum Gasteiger partial charge on any atom is 0.269 e. The van der Waals surface area contributed by atoms with Crippen LogP contribution in [-0.2, 0) is 4.74 Å². The molecule has 7 heteroatoms. The highest BCUT2D eigenvalue weighted by Gasteiger charge is 2.19. The Bertz CT molecular complexity index is 835. The summed E-state index contributed by atoms with van der Waals surface area (Å²) in [4.78, 5) is 29.4. The van der Waals surface area contributed by atoms with Crippen LogP contribution in [0.3, 0.4) is 0 Å². The fraction of sp³-hybridized carbons (Fsp3) is 0.409. The number of morpholine rings is 1. The first-order valence-corrected chi connectivity index (χ1v) is 9.98. The number of hydrogen-bond donors (Lipinski definition) is 3. The van der Waals surface area contributed by atoms with Gasteiger partial charge in [0.2, 0.25) is 0 Å². The molecule has 3 rings (SSSR count). The Balaban J connectivity index is 1.75. The number of aromatic nitrogens is 1. The quantitative estimate of drug-likeness (QED) is 0.663. The molecule has 2 aromatic rings. The molecule has 0 bridgehead atoms. The number of ether oxygens (including phenoxy) is 1. The van der Waals surface area contributed by atoms with E-state index in [2.05, 4.69) is 20.9 Å². The van der Waals surface area contributed by atoms with Gasteiger partial charge in [0.15, 0.2) is 0 Å². The molecule has 1 aromatic carbocycles. The van der Waals surface area contributed by atoms with Crippen LogP contribution in [0.4, 0.5) is 0 Å². The summed E-state index contributed by atoms with van der Waals surface area (Å²) in [6, 6.07) is 13.2. The zero-order valence-corrected chi connectivity index (χ0v) is 16.9. The van der Waals surface area contributed by atoms with E-state index in [4.69, 9.17) is 4.74 Å². The standard InChI is InChI=1S/C22H28N4O3/c1-15(16-6-4-3-5-7-16)19-12-17(13-20(26-19)22(28)23-2)21(27)25-9-8-18-14-24-10-11-29-18/h3-7,12-13,15,18,24H,8-11,14H2,1-2H3,(H,23,28)(H,25,27)/t15-,18-/m1/s1. The van der Waals surface area contributed by atoms with Gasteiger partial charge in [0.1, 0.15) is 5.69 Å². The topological polar surface area (TPSA) is 92.4 Å². The van der Waals surface area contributed by atoms with Gasteiger partial charge in [0.25, 0.3) is 11.8 Å². The molecular weight excluding hydrogens is 368 g/mol. The van der Waals surface area contributed by atoms with E-state index < -0.39 is 0 Å². The van der Waals surface area contributed by atoms with Gasteiger partial charge in [0.05, 0.1) is 12.7 Å². The molecule has 1 aromatic heterocycles. The van der Waals surface area contributed by atoms with Gasteiger partial charge in [0, 0.05) is 43.9 Å². The lowest BCUT2D eigenvalue weighted by Gasteiger charge is -2.23. The molecule has 1 aliphatic rings. The second-order valence-corrected chi connectivity index (χ2v) is 7.12. The van der Waals surface area contributed by atoms with Crippen LogP contribution in [0.1, 0.15) is 51.4 Å². The molecule has 154 valence electrons. The van der Waals surface area contributed by atoms with Gasteiger partial charge >= 0.3 is 0 Å². The molecule has 2 atom stereocenters. The Kier molecular flexibility index (Phi) is 7.32. The molecule has 7 nitrogen and oxygen atoms in total. The molecular formula is C22H28N4O3. The van der Waals surface area contributed by atoms with E-state index >= 15 is 0 Å². The second-order valence-electron chi connectivity index (χ2n) is 7.12. The van der Waals surface area contributed by atoms with E-state index in [1.165, 1.54) is 6.07 Å². The maximum atomic E-state index is 12.7. The van der Waals surface area contributed by atoms with Crippen LogP contribution in [0.2, 0.25) is 0 Å². The van der Waals surface area contributed by atoms with Gasteiger partial charge < -0.3 is 20.7 Å². The molecule has 1 saturated heterocycles. The van der Waals surface area contributed by atoms with E-state index in [-0.39, 0.29) is 29.5 Å². The number of carbonyl (C=O) groups excluding carboxylic acids is 2. The average molecular weight is 396 g/mol. The molecule has 0 unspecified atom stereocenters. The van der Waals surface area contributed by atoms with Gasteiger partial charge in [-0.3, -0.25) is 9.59 Å². The summed E-state index contributed by atoms with van der Waals surface area (Å²) < 4.78 is 5.65. The van der Waals surface area contributed by atoms with Crippen LogP contribution in [0, 0.1) is 0 Å². The largest absolute Gasteiger partial charge is 0.376 e. The lowest BCUT2D eigenvalue weighted by Crippen LogP contribution is -2.40. The van der Waals surface area contributed by atoms with Crippen LogP contribution < -0.4 is 16.0 Å². The molecule has 2 heterocycles. The van der Waals surface area contributed by atoms with Crippen molar-refractivity contribution >= 4 is 11.8 Å². The van der Waals surface area contributed by atoms with Crippen molar-refractivity contribution in [3.05, 3.63) is 65.0 Å². The number of pyridine rings is 1. The number of nitrogens with zero attached hydrogens (tertiary/aromatic N) is 1. The summed E-state index contributed by atoms with van der Waals surface area (Å²) in [5, 5.41) is 8.79. The van der Waals surface area contributed by atoms with Crippen LogP contribution >= 0.6 is 0 Å². The number of benzene rings is 1. The second kappa shape index (κ2) is 10.1. The highest BCUT2D eigenvalue weighted by Crippen LogP contribution is 2.23. The predicted octanol–water partition coefficient (Wildman–Crippen LogP) is 1.70. The van der Waals surface area contributed by atoms with E-state index in [1.807, 2.05) is 37.3 Å². The molecule has 0 saturated carbocycles. The minimum absolute atomic E-state index is 0.0472. The first-order chi connectivity index (χ1) is 14.1. The third kappa shape index (κ3) is 5.62. The molecule has 1 aliphatic heterocycles. The van der Waals surface area contributed by atoms with E-state index in [1.54, 1.807) is 13.1 Å². The summed E-state index contributed by atoms with van der Waals surface area (Å²) in [6.45, 7) is 4.88. The molecule has 2 amide bonds. The highest BCUT2D eigenvalue weighted by atomic mass is 16.5. The normalized spacial score (nSPS) is 17.4. The summed E-state index contributed by atoms with van der Waals surface area (Å²) in [5.41, 5.74) is 2.42. The van der Waals surface area contributed by atoms with Crippen molar-refractivity contribution in [2.45, 2.75) is 25.4 Å². The summed E-state index contributed by atoms with van der Waals surface area (Å²) in [6.07, 6.45) is 0.843. The summed E-state index contributed by atoms with van der Waals surface area (Å²) in [7, 11) is 1.55. The zero-order valence-electron chi connectivity index (χ0n) is 16.9. The minimum atomic E-state index is -0.317. The van der Waals surface area contributed by atoms with Crippen molar-refractivity contribution in [1.82, 2.24) is 20.9 Å². The molecule has 0 spiro atoms. The van der Waals surface area contributed by atoms with Crippen molar-refractivity contribution < 1.29 is 14.3 Å². The molecule has 3 N–H and O–H groups in total. The minimum Gasteiger partial charge on any atom is -0.376 e. The van der Waals surface area contributed by atoms with Gasteiger partial charge in [-0.05, 0) is 24.1 Å². The first-order valence-electron chi connectivity index (χ1n) is 9.98.